The van der Waals surface area contributed by atoms with Gasteiger partial charge < -0.3 is 19.3 Å². The molecule has 0 saturated carbocycles. The van der Waals surface area contributed by atoms with Gasteiger partial charge in [0.25, 0.3) is 0 Å². The highest BCUT2D eigenvalue weighted by Gasteiger charge is 2.27. The molecule has 34 heavy (non-hydrogen) atoms. The lowest BCUT2D eigenvalue weighted by molar-refractivity contribution is 0.0240. The van der Waals surface area contributed by atoms with Gasteiger partial charge in [-0.1, -0.05) is 11.6 Å². The van der Waals surface area contributed by atoms with Crippen molar-refractivity contribution in [2.24, 2.45) is 0 Å². The molecular formula is C24H25ClF2N4O3. The molecule has 0 atom stereocenters. The predicted molar refractivity (Wildman–Crippen MR) is 125 cm³/mol. The lowest BCUT2D eigenvalue weighted by Gasteiger charge is -2.35. The van der Waals surface area contributed by atoms with Crippen molar-refractivity contribution in [2.45, 2.75) is 33.0 Å². The number of amides is 1. The Morgan fingerprint density at radius 3 is 2.47 bits per heavy atom. The largest absolute Gasteiger partial charge is 0.472 e. The summed E-state index contributed by atoms with van der Waals surface area (Å²) >= 11 is 6.16. The molecule has 0 spiro atoms. The summed E-state index contributed by atoms with van der Waals surface area (Å²) in [4.78, 5) is 25.1. The second-order valence-electron chi connectivity index (χ2n) is 8.97. The number of ether oxygens (including phenoxy) is 2. The second-order valence-corrected chi connectivity index (χ2v) is 9.41. The van der Waals surface area contributed by atoms with E-state index in [0.29, 0.717) is 48.1 Å². The number of hydrogen-bond donors (Lipinski definition) is 0. The lowest BCUT2D eigenvalue weighted by Crippen LogP contribution is -2.50. The van der Waals surface area contributed by atoms with Crippen LogP contribution in [0.5, 0.6) is 5.88 Å². The fraction of sp³-hybridized carbons (Fsp3) is 0.375. The zero-order chi connectivity index (χ0) is 24.5. The predicted octanol–water partition coefficient (Wildman–Crippen LogP) is 5.20. The van der Waals surface area contributed by atoms with Gasteiger partial charge in [0.15, 0.2) is 0 Å². The van der Waals surface area contributed by atoms with E-state index in [4.69, 9.17) is 21.1 Å². The molecule has 1 aliphatic heterocycles. The summed E-state index contributed by atoms with van der Waals surface area (Å²) in [5.41, 5.74) is 0.244. The summed E-state index contributed by atoms with van der Waals surface area (Å²) in [6.07, 6.45) is -0.355. The molecule has 0 bridgehead atoms. The molecule has 1 fully saturated rings. The Morgan fingerprint density at radius 1 is 1.06 bits per heavy atom. The van der Waals surface area contributed by atoms with Gasteiger partial charge in [0, 0.05) is 42.8 Å². The average molecular weight is 491 g/mol. The minimum Gasteiger partial charge on any atom is -0.472 e. The Bertz CT molecular complexity index is 1210. The number of piperazine rings is 1. The molecular weight excluding hydrogens is 466 g/mol. The molecule has 0 unspecified atom stereocenters. The van der Waals surface area contributed by atoms with Crippen molar-refractivity contribution in [1.82, 2.24) is 14.9 Å². The topological polar surface area (TPSA) is 67.8 Å². The van der Waals surface area contributed by atoms with Crippen LogP contribution in [0.1, 0.15) is 26.3 Å². The van der Waals surface area contributed by atoms with Crippen LogP contribution in [0.15, 0.2) is 36.4 Å². The highest BCUT2D eigenvalue weighted by Crippen LogP contribution is 2.29. The minimum atomic E-state index is -0.699. The number of hydrogen-bond acceptors (Lipinski definition) is 6. The zero-order valence-corrected chi connectivity index (χ0v) is 19.9. The summed E-state index contributed by atoms with van der Waals surface area (Å²) in [6, 6.07) is 8.46. The maximum atomic E-state index is 14.1. The Labute approximate surface area is 201 Å². The quantitative estimate of drug-likeness (QED) is 0.501. The normalized spacial score (nSPS) is 14.4. The number of aromatic nitrogens is 2. The van der Waals surface area contributed by atoms with E-state index >= 15 is 0 Å². The van der Waals surface area contributed by atoms with Crippen molar-refractivity contribution >= 4 is 34.5 Å². The number of rotatable bonds is 4. The number of fused-ring (bicyclic) bond motifs is 1. The molecule has 4 rings (SSSR count). The van der Waals surface area contributed by atoms with Gasteiger partial charge in [0.2, 0.25) is 11.8 Å². The van der Waals surface area contributed by atoms with E-state index in [-0.39, 0.29) is 24.1 Å². The van der Waals surface area contributed by atoms with E-state index in [9.17, 15) is 13.6 Å². The molecule has 2 heterocycles. The third kappa shape index (κ3) is 5.64. The second kappa shape index (κ2) is 9.58. The van der Waals surface area contributed by atoms with Crippen LogP contribution in [0.4, 0.5) is 19.5 Å². The maximum Gasteiger partial charge on any atom is 0.410 e. The van der Waals surface area contributed by atoms with Crippen LogP contribution in [0.25, 0.3) is 10.9 Å². The Balaban J connectivity index is 1.55. The van der Waals surface area contributed by atoms with E-state index in [1.807, 2.05) is 25.7 Å². The van der Waals surface area contributed by atoms with Crippen LogP contribution in [0.3, 0.4) is 0 Å². The summed E-state index contributed by atoms with van der Waals surface area (Å²) in [7, 11) is 0. The molecule has 1 aliphatic rings. The Morgan fingerprint density at radius 2 is 1.79 bits per heavy atom. The lowest BCUT2D eigenvalue weighted by atomic mass is 10.2. The van der Waals surface area contributed by atoms with E-state index < -0.39 is 17.2 Å². The SMILES string of the molecule is CC(C)(C)OC(=O)N1CCN(c2nc(OCc3ccc(F)cc3F)c3cc(Cl)ccc3n2)CC1. The first-order chi connectivity index (χ1) is 16.1. The molecule has 1 aromatic heterocycles. The third-order valence-corrected chi connectivity index (χ3v) is 5.44. The Kier molecular flexibility index (Phi) is 6.74. The van der Waals surface area contributed by atoms with Crippen LogP contribution >= 0.6 is 11.6 Å². The van der Waals surface area contributed by atoms with E-state index in [1.165, 1.54) is 12.1 Å². The molecule has 180 valence electrons. The highest BCUT2D eigenvalue weighted by molar-refractivity contribution is 6.31. The Hall–Kier alpha value is -3.20. The van der Waals surface area contributed by atoms with Gasteiger partial charge in [-0.3, -0.25) is 0 Å². The first-order valence-electron chi connectivity index (χ1n) is 10.9. The molecule has 1 amide bonds. The molecule has 0 N–H and O–H groups in total. The van der Waals surface area contributed by atoms with Crippen LogP contribution in [-0.2, 0) is 11.3 Å². The maximum absolute atomic E-state index is 14.1. The summed E-state index contributed by atoms with van der Waals surface area (Å²) in [6.45, 7) is 7.26. The first-order valence-corrected chi connectivity index (χ1v) is 11.2. The van der Waals surface area contributed by atoms with Crippen molar-refractivity contribution < 1.29 is 23.0 Å². The average Bonchev–Trinajstić information content (AvgIpc) is 2.77. The smallest absolute Gasteiger partial charge is 0.410 e. The fourth-order valence-electron chi connectivity index (χ4n) is 3.51. The summed E-state index contributed by atoms with van der Waals surface area (Å²) in [5.74, 6) is -0.697. The number of benzene rings is 2. The number of halogens is 3. The van der Waals surface area contributed by atoms with Gasteiger partial charge in [-0.05, 0) is 51.1 Å². The molecule has 10 heteroatoms. The summed E-state index contributed by atoms with van der Waals surface area (Å²) < 4.78 is 38.6. The van der Waals surface area contributed by atoms with Crippen LogP contribution in [0.2, 0.25) is 5.02 Å². The van der Waals surface area contributed by atoms with Crippen molar-refractivity contribution in [3.63, 3.8) is 0 Å². The molecule has 0 aliphatic carbocycles. The molecule has 0 radical (unpaired) electrons. The highest BCUT2D eigenvalue weighted by atomic mass is 35.5. The first kappa shape index (κ1) is 23.9. The van der Waals surface area contributed by atoms with Crippen molar-refractivity contribution in [2.75, 3.05) is 31.1 Å². The van der Waals surface area contributed by atoms with E-state index in [2.05, 4.69) is 9.97 Å². The standard InChI is InChI=1S/C24H25ClF2N4O3/c1-24(2,3)34-23(32)31-10-8-30(9-11-31)22-28-20-7-5-16(25)12-18(20)21(29-22)33-14-15-4-6-17(26)13-19(15)27/h4-7,12-13H,8-11,14H2,1-3H3. The zero-order valence-electron chi connectivity index (χ0n) is 19.1. The van der Waals surface area contributed by atoms with Crippen molar-refractivity contribution in [3.05, 3.63) is 58.6 Å². The molecule has 3 aromatic rings. The minimum absolute atomic E-state index is 0.142. The number of carbonyl (C=O) groups is 1. The van der Waals surface area contributed by atoms with Gasteiger partial charge in [-0.25, -0.2) is 18.6 Å². The summed E-state index contributed by atoms with van der Waals surface area (Å²) in [5, 5.41) is 1.05. The monoisotopic (exact) mass is 490 g/mol. The van der Waals surface area contributed by atoms with Gasteiger partial charge in [0.1, 0.15) is 23.8 Å². The van der Waals surface area contributed by atoms with Gasteiger partial charge in [-0.2, -0.15) is 4.98 Å². The molecule has 2 aromatic carbocycles. The van der Waals surface area contributed by atoms with E-state index in [1.54, 1.807) is 23.1 Å². The van der Waals surface area contributed by atoms with Crippen molar-refractivity contribution in [3.8, 4) is 5.88 Å². The van der Waals surface area contributed by atoms with Crippen LogP contribution in [0, 0.1) is 11.6 Å². The van der Waals surface area contributed by atoms with Crippen LogP contribution in [-0.4, -0.2) is 52.7 Å². The molecule has 7 nitrogen and oxygen atoms in total. The number of carbonyl (C=O) groups excluding carboxylic acids is 1. The number of nitrogens with zero attached hydrogens (tertiary/aromatic N) is 4. The fourth-order valence-corrected chi connectivity index (χ4v) is 3.68. The van der Waals surface area contributed by atoms with Gasteiger partial charge in [0.05, 0.1) is 10.9 Å². The van der Waals surface area contributed by atoms with Gasteiger partial charge in [-0.15, -0.1) is 0 Å². The molecule has 1 saturated heterocycles. The number of anilines is 1. The van der Waals surface area contributed by atoms with E-state index in [0.717, 1.165) is 6.07 Å². The van der Waals surface area contributed by atoms with Gasteiger partial charge >= 0.3 is 6.09 Å². The van der Waals surface area contributed by atoms with Crippen molar-refractivity contribution in [1.29, 1.82) is 0 Å². The van der Waals surface area contributed by atoms with Crippen LogP contribution < -0.4 is 9.64 Å². The third-order valence-electron chi connectivity index (χ3n) is 5.20.